The lowest BCUT2D eigenvalue weighted by Gasteiger charge is -2.32. The third kappa shape index (κ3) is 5.71. The van der Waals surface area contributed by atoms with Gasteiger partial charge in [-0.05, 0) is 55.3 Å². The second-order valence-corrected chi connectivity index (χ2v) is 8.79. The lowest BCUT2D eigenvalue weighted by molar-refractivity contribution is 0.0697. The van der Waals surface area contributed by atoms with Crippen LogP contribution in [0, 0.1) is 0 Å². The zero-order chi connectivity index (χ0) is 21.0. The fourth-order valence-corrected chi connectivity index (χ4v) is 3.79. The summed E-state index contributed by atoms with van der Waals surface area (Å²) in [7, 11) is -3.36. The third-order valence-corrected chi connectivity index (χ3v) is 5.27. The van der Waals surface area contributed by atoms with Gasteiger partial charge in [0.15, 0.2) is 0 Å². The highest BCUT2D eigenvalue weighted by Gasteiger charge is 2.25. The number of hydrogen-bond acceptors (Lipinski definition) is 5. The summed E-state index contributed by atoms with van der Waals surface area (Å²) < 4.78 is 24.8. The molecule has 1 heterocycles. The van der Waals surface area contributed by atoms with Crippen molar-refractivity contribution in [3.63, 3.8) is 0 Å². The van der Waals surface area contributed by atoms with Crippen LogP contribution < -0.4 is 10.0 Å². The molecule has 154 valence electrons. The highest BCUT2D eigenvalue weighted by molar-refractivity contribution is 7.92. The molecule has 8 nitrogen and oxygen atoms in total. The van der Waals surface area contributed by atoms with E-state index in [9.17, 15) is 23.1 Å². The van der Waals surface area contributed by atoms with Crippen LogP contribution in [-0.4, -0.2) is 55.6 Å². The van der Waals surface area contributed by atoms with Gasteiger partial charge in [-0.25, -0.2) is 8.42 Å². The lowest BCUT2D eigenvalue weighted by atomic mass is 10.0. The number of amides is 2. The van der Waals surface area contributed by atoms with Gasteiger partial charge in [-0.2, -0.15) is 0 Å². The number of piperidine rings is 1. The van der Waals surface area contributed by atoms with Crippen LogP contribution in [0.3, 0.4) is 0 Å². The summed E-state index contributed by atoms with van der Waals surface area (Å²) in [4.78, 5) is 26.6. The third-order valence-electron chi connectivity index (χ3n) is 4.66. The predicted octanol–water partition coefficient (Wildman–Crippen LogP) is 1.80. The standard InChI is InChI=1S/C20H23N3O5S/c1-29(27,28)22-17-7-5-14(6-8-17)19(25)21-16-9-11-23(12-10-16)20(26)15-3-2-4-18(24)13-15/h2-8,13,16,22,24H,9-12H2,1H3,(H,21,25). The first-order valence-electron chi connectivity index (χ1n) is 9.18. The highest BCUT2D eigenvalue weighted by atomic mass is 32.2. The first kappa shape index (κ1) is 20.7. The summed E-state index contributed by atoms with van der Waals surface area (Å²) >= 11 is 0. The number of phenols is 1. The van der Waals surface area contributed by atoms with Crippen molar-refractivity contribution in [1.82, 2.24) is 10.2 Å². The number of benzene rings is 2. The van der Waals surface area contributed by atoms with E-state index < -0.39 is 10.0 Å². The Morgan fingerprint density at radius 1 is 1.03 bits per heavy atom. The molecule has 0 aromatic heterocycles. The number of aromatic hydroxyl groups is 1. The first-order valence-corrected chi connectivity index (χ1v) is 11.1. The van der Waals surface area contributed by atoms with Crippen LogP contribution in [0.25, 0.3) is 0 Å². The molecule has 0 atom stereocenters. The Balaban J connectivity index is 1.52. The summed E-state index contributed by atoms with van der Waals surface area (Å²) in [6.45, 7) is 1.02. The van der Waals surface area contributed by atoms with Gasteiger partial charge in [0.1, 0.15) is 5.75 Å². The molecule has 1 saturated heterocycles. The fourth-order valence-electron chi connectivity index (χ4n) is 3.22. The van der Waals surface area contributed by atoms with E-state index in [1.807, 2.05) is 0 Å². The van der Waals surface area contributed by atoms with E-state index in [0.29, 0.717) is 42.7 Å². The molecule has 1 aliphatic rings. The molecule has 3 rings (SSSR count). The second-order valence-electron chi connectivity index (χ2n) is 7.04. The average molecular weight is 417 g/mol. The first-order chi connectivity index (χ1) is 13.7. The van der Waals surface area contributed by atoms with Crippen molar-refractivity contribution >= 4 is 27.5 Å². The van der Waals surface area contributed by atoms with Gasteiger partial charge < -0.3 is 15.3 Å². The number of sulfonamides is 1. The van der Waals surface area contributed by atoms with Crippen molar-refractivity contribution in [3.8, 4) is 5.75 Å². The van der Waals surface area contributed by atoms with Crippen molar-refractivity contribution in [1.29, 1.82) is 0 Å². The molecular formula is C20H23N3O5S. The van der Waals surface area contributed by atoms with Crippen LogP contribution in [-0.2, 0) is 10.0 Å². The van der Waals surface area contributed by atoms with Crippen molar-refractivity contribution in [3.05, 3.63) is 59.7 Å². The quantitative estimate of drug-likeness (QED) is 0.686. The molecule has 0 unspecified atom stereocenters. The molecule has 0 saturated carbocycles. The maximum atomic E-state index is 12.5. The molecule has 2 aromatic rings. The largest absolute Gasteiger partial charge is 0.508 e. The molecule has 1 fully saturated rings. The van der Waals surface area contributed by atoms with Gasteiger partial charge in [-0.1, -0.05) is 6.07 Å². The van der Waals surface area contributed by atoms with E-state index in [4.69, 9.17) is 0 Å². The van der Waals surface area contributed by atoms with Crippen LogP contribution >= 0.6 is 0 Å². The Morgan fingerprint density at radius 3 is 2.28 bits per heavy atom. The predicted molar refractivity (Wildman–Crippen MR) is 109 cm³/mol. The molecule has 0 bridgehead atoms. The molecule has 9 heteroatoms. The number of nitrogens with zero attached hydrogens (tertiary/aromatic N) is 1. The van der Waals surface area contributed by atoms with Crippen molar-refractivity contribution < 1.29 is 23.1 Å². The van der Waals surface area contributed by atoms with E-state index in [1.54, 1.807) is 29.2 Å². The Hall–Kier alpha value is -3.07. The number of anilines is 1. The van der Waals surface area contributed by atoms with Gasteiger partial charge in [0, 0.05) is 35.9 Å². The molecule has 2 amide bonds. The summed E-state index contributed by atoms with van der Waals surface area (Å²) in [5.74, 6) is -0.330. The van der Waals surface area contributed by atoms with E-state index >= 15 is 0 Å². The number of nitrogens with one attached hydrogen (secondary N) is 2. The van der Waals surface area contributed by atoms with Crippen molar-refractivity contribution in [2.24, 2.45) is 0 Å². The van der Waals surface area contributed by atoms with Gasteiger partial charge in [0.05, 0.1) is 6.26 Å². The maximum absolute atomic E-state index is 12.5. The number of rotatable bonds is 5. The smallest absolute Gasteiger partial charge is 0.253 e. The second kappa shape index (κ2) is 8.52. The number of carbonyl (C=O) groups is 2. The zero-order valence-electron chi connectivity index (χ0n) is 16.0. The normalized spacial score (nSPS) is 15.0. The fraction of sp³-hybridized carbons (Fsp3) is 0.300. The van der Waals surface area contributed by atoms with Crippen LogP contribution in [0.15, 0.2) is 48.5 Å². The molecule has 1 aliphatic heterocycles. The highest BCUT2D eigenvalue weighted by Crippen LogP contribution is 2.18. The Bertz CT molecular complexity index is 997. The van der Waals surface area contributed by atoms with Gasteiger partial charge in [-0.15, -0.1) is 0 Å². The topological polar surface area (TPSA) is 116 Å². The van der Waals surface area contributed by atoms with Crippen LogP contribution in [0.4, 0.5) is 5.69 Å². The Morgan fingerprint density at radius 2 is 1.69 bits per heavy atom. The maximum Gasteiger partial charge on any atom is 0.253 e. The summed E-state index contributed by atoms with van der Waals surface area (Å²) in [6.07, 6.45) is 2.32. The minimum absolute atomic E-state index is 0.0513. The minimum atomic E-state index is -3.36. The average Bonchev–Trinajstić information content (AvgIpc) is 2.67. The van der Waals surface area contributed by atoms with Crippen LogP contribution in [0.5, 0.6) is 5.75 Å². The summed E-state index contributed by atoms with van der Waals surface area (Å²) in [5, 5.41) is 12.5. The molecule has 0 spiro atoms. The van der Waals surface area contributed by atoms with Gasteiger partial charge in [-0.3, -0.25) is 14.3 Å². The summed E-state index contributed by atoms with van der Waals surface area (Å²) in [6, 6.07) is 12.4. The Kier molecular flexibility index (Phi) is 6.07. The lowest BCUT2D eigenvalue weighted by Crippen LogP contribution is -2.46. The van der Waals surface area contributed by atoms with E-state index in [1.165, 1.54) is 24.3 Å². The molecule has 2 aromatic carbocycles. The van der Waals surface area contributed by atoms with Crippen LogP contribution in [0.1, 0.15) is 33.6 Å². The van der Waals surface area contributed by atoms with Gasteiger partial charge >= 0.3 is 0 Å². The summed E-state index contributed by atoms with van der Waals surface area (Å²) in [5.41, 5.74) is 1.26. The number of carbonyl (C=O) groups excluding carboxylic acids is 2. The van der Waals surface area contributed by atoms with E-state index in [-0.39, 0.29) is 23.6 Å². The Labute approximate surface area is 169 Å². The van der Waals surface area contributed by atoms with Crippen LogP contribution in [0.2, 0.25) is 0 Å². The number of hydrogen-bond donors (Lipinski definition) is 3. The van der Waals surface area contributed by atoms with Crippen molar-refractivity contribution in [2.45, 2.75) is 18.9 Å². The molecule has 3 N–H and O–H groups in total. The van der Waals surface area contributed by atoms with E-state index in [0.717, 1.165) is 6.26 Å². The van der Waals surface area contributed by atoms with Gasteiger partial charge in [0.2, 0.25) is 10.0 Å². The zero-order valence-corrected chi connectivity index (χ0v) is 16.8. The monoisotopic (exact) mass is 417 g/mol. The minimum Gasteiger partial charge on any atom is -0.508 e. The molecular weight excluding hydrogens is 394 g/mol. The molecule has 0 aliphatic carbocycles. The SMILES string of the molecule is CS(=O)(=O)Nc1ccc(C(=O)NC2CCN(C(=O)c3cccc(O)c3)CC2)cc1. The van der Waals surface area contributed by atoms with Gasteiger partial charge in [0.25, 0.3) is 11.8 Å². The molecule has 29 heavy (non-hydrogen) atoms. The number of phenolic OH excluding ortho intramolecular Hbond substituents is 1. The van der Waals surface area contributed by atoms with Crippen molar-refractivity contribution in [2.75, 3.05) is 24.1 Å². The molecule has 0 radical (unpaired) electrons. The van der Waals surface area contributed by atoms with E-state index in [2.05, 4.69) is 10.0 Å². The number of likely N-dealkylation sites (tertiary alicyclic amines) is 1.